The molecule has 0 aliphatic heterocycles. The van der Waals surface area contributed by atoms with E-state index >= 15 is 0 Å². The number of methoxy groups -OCH3 is 1. The quantitative estimate of drug-likeness (QED) is 0.776. The molecule has 0 saturated carbocycles. The van der Waals surface area contributed by atoms with Crippen molar-refractivity contribution in [3.05, 3.63) is 16.1 Å². The van der Waals surface area contributed by atoms with Gasteiger partial charge in [-0.25, -0.2) is 4.98 Å². The van der Waals surface area contributed by atoms with Crippen LogP contribution in [-0.2, 0) is 16.1 Å². The van der Waals surface area contributed by atoms with E-state index in [1.54, 1.807) is 11.3 Å². The second kappa shape index (κ2) is 5.82. The van der Waals surface area contributed by atoms with Gasteiger partial charge >= 0.3 is 5.97 Å². The number of nitrogens with one attached hydrogen (secondary N) is 1. The first-order valence-corrected chi connectivity index (χ1v) is 5.71. The zero-order valence-corrected chi connectivity index (χ0v) is 10.1. The molecule has 1 atom stereocenters. The molecule has 1 aromatic rings. The van der Waals surface area contributed by atoms with Crippen molar-refractivity contribution in [1.29, 1.82) is 0 Å². The Labute approximate surface area is 93.7 Å². The summed E-state index contributed by atoms with van der Waals surface area (Å²) in [5.41, 5.74) is 0. The highest BCUT2D eigenvalue weighted by Crippen LogP contribution is 2.11. The summed E-state index contributed by atoms with van der Waals surface area (Å²) in [5, 5.41) is 4.19. The summed E-state index contributed by atoms with van der Waals surface area (Å²) in [6.07, 6.45) is 2.56. The number of aromatic nitrogens is 1. The van der Waals surface area contributed by atoms with Crippen LogP contribution in [-0.4, -0.2) is 24.1 Å². The second-order valence-electron chi connectivity index (χ2n) is 3.21. The number of nitrogens with zero attached hydrogens (tertiary/aromatic N) is 1. The van der Waals surface area contributed by atoms with Crippen LogP contribution < -0.4 is 5.32 Å². The van der Waals surface area contributed by atoms with E-state index in [2.05, 4.69) is 15.0 Å². The molecule has 1 unspecified atom stereocenters. The maximum Gasteiger partial charge on any atom is 0.322 e. The third-order valence-electron chi connectivity index (χ3n) is 2.09. The van der Waals surface area contributed by atoms with Crippen LogP contribution in [0.15, 0.2) is 6.20 Å². The van der Waals surface area contributed by atoms with E-state index in [0.29, 0.717) is 6.54 Å². The van der Waals surface area contributed by atoms with Gasteiger partial charge in [0.15, 0.2) is 0 Å². The molecule has 1 aromatic heterocycles. The number of aryl methyl sites for hydroxylation is 1. The van der Waals surface area contributed by atoms with Crippen LogP contribution in [0, 0.1) is 6.92 Å². The summed E-state index contributed by atoms with van der Waals surface area (Å²) in [6, 6.07) is -0.225. The average Bonchev–Trinajstić information content (AvgIpc) is 2.64. The number of hydrogen-bond acceptors (Lipinski definition) is 5. The summed E-state index contributed by atoms with van der Waals surface area (Å²) in [4.78, 5) is 16.6. The minimum Gasteiger partial charge on any atom is -0.468 e. The van der Waals surface area contributed by atoms with Crippen molar-refractivity contribution in [3.8, 4) is 0 Å². The number of rotatable bonds is 5. The number of hydrogen-bond donors (Lipinski definition) is 1. The van der Waals surface area contributed by atoms with E-state index < -0.39 is 0 Å². The van der Waals surface area contributed by atoms with Crippen molar-refractivity contribution in [2.45, 2.75) is 32.9 Å². The Kier molecular flexibility index (Phi) is 4.71. The fraction of sp³-hybridized carbons (Fsp3) is 0.600. The van der Waals surface area contributed by atoms with E-state index in [1.807, 2.05) is 20.0 Å². The van der Waals surface area contributed by atoms with Crippen LogP contribution >= 0.6 is 11.3 Å². The normalized spacial score (nSPS) is 12.5. The molecule has 84 valence electrons. The Balaban J connectivity index is 2.44. The number of thiazole rings is 1. The lowest BCUT2D eigenvalue weighted by molar-refractivity contribution is -0.143. The largest absolute Gasteiger partial charge is 0.468 e. The van der Waals surface area contributed by atoms with Gasteiger partial charge in [-0.2, -0.15) is 0 Å². The summed E-state index contributed by atoms with van der Waals surface area (Å²) in [6.45, 7) is 4.58. The van der Waals surface area contributed by atoms with Crippen LogP contribution in [0.1, 0.15) is 23.2 Å². The SMILES string of the molecule is CCC(NCc1cnc(C)s1)C(=O)OC. The molecule has 1 N–H and O–H groups in total. The third-order valence-corrected chi connectivity index (χ3v) is 3.00. The van der Waals surface area contributed by atoms with Crippen molar-refractivity contribution in [2.24, 2.45) is 0 Å². The fourth-order valence-electron chi connectivity index (χ4n) is 1.25. The molecular weight excluding hydrogens is 212 g/mol. The predicted molar refractivity (Wildman–Crippen MR) is 59.8 cm³/mol. The Hall–Kier alpha value is -0.940. The molecule has 0 fully saturated rings. The highest BCUT2D eigenvalue weighted by molar-refractivity contribution is 7.11. The third kappa shape index (κ3) is 3.60. The van der Waals surface area contributed by atoms with Gasteiger partial charge in [0, 0.05) is 17.6 Å². The van der Waals surface area contributed by atoms with Gasteiger partial charge in [-0.05, 0) is 13.3 Å². The molecule has 5 heteroatoms. The molecule has 15 heavy (non-hydrogen) atoms. The predicted octanol–water partition coefficient (Wildman–Crippen LogP) is 1.49. The fourth-order valence-corrected chi connectivity index (χ4v) is 1.99. The lowest BCUT2D eigenvalue weighted by atomic mass is 10.2. The highest BCUT2D eigenvalue weighted by atomic mass is 32.1. The Morgan fingerprint density at radius 1 is 1.73 bits per heavy atom. The molecule has 0 amide bonds. The van der Waals surface area contributed by atoms with Gasteiger partial charge in [0.25, 0.3) is 0 Å². The van der Waals surface area contributed by atoms with Crippen molar-refractivity contribution >= 4 is 17.3 Å². The van der Waals surface area contributed by atoms with Crippen LogP contribution in [0.2, 0.25) is 0 Å². The average molecular weight is 228 g/mol. The Morgan fingerprint density at radius 2 is 2.47 bits per heavy atom. The lowest BCUT2D eigenvalue weighted by Crippen LogP contribution is -2.36. The number of carbonyl (C=O) groups is 1. The van der Waals surface area contributed by atoms with Crippen molar-refractivity contribution in [3.63, 3.8) is 0 Å². The first-order chi connectivity index (χ1) is 7.17. The van der Waals surface area contributed by atoms with Crippen LogP contribution in [0.25, 0.3) is 0 Å². The van der Waals surface area contributed by atoms with Crippen molar-refractivity contribution < 1.29 is 9.53 Å². The van der Waals surface area contributed by atoms with Gasteiger partial charge in [-0.15, -0.1) is 11.3 Å². The zero-order valence-electron chi connectivity index (χ0n) is 9.24. The van der Waals surface area contributed by atoms with Gasteiger partial charge in [-0.1, -0.05) is 6.92 Å². The van der Waals surface area contributed by atoms with Crippen LogP contribution in [0.4, 0.5) is 0 Å². The summed E-state index contributed by atoms with van der Waals surface area (Å²) in [7, 11) is 1.41. The van der Waals surface area contributed by atoms with Crippen molar-refractivity contribution in [2.75, 3.05) is 7.11 Å². The zero-order chi connectivity index (χ0) is 11.3. The van der Waals surface area contributed by atoms with E-state index in [0.717, 1.165) is 16.3 Å². The number of carbonyl (C=O) groups excluding carboxylic acids is 1. The van der Waals surface area contributed by atoms with E-state index in [4.69, 9.17) is 0 Å². The molecule has 1 heterocycles. The number of ether oxygens (including phenoxy) is 1. The molecule has 1 rings (SSSR count). The van der Waals surface area contributed by atoms with E-state index in [1.165, 1.54) is 7.11 Å². The van der Waals surface area contributed by atoms with Crippen LogP contribution in [0.5, 0.6) is 0 Å². The highest BCUT2D eigenvalue weighted by Gasteiger charge is 2.15. The molecule has 0 bridgehead atoms. The molecule has 0 aliphatic carbocycles. The van der Waals surface area contributed by atoms with Gasteiger partial charge < -0.3 is 4.74 Å². The van der Waals surface area contributed by atoms with E-state index in [9.17, 15) is 4.79 Å². The molecule has 0 radical (unpaired) electrons. The first kappa shape index (κ1) is 12.1. The van der Waals surface area contributed by atoms with Crippen LogP contribution in [0.3, 0.4) is 0 Å². The molecule has 0 aliphatic rings. The first-order valence-electron chi connectivity index (χ1n) is 4.90. The molecule has 4 nitrogen and oxygen atoms in total. The number of esters is 1. The maximum absolute atomic E-state index is 11.3. The smallest absolute Gasteiger partial charge is 0.322 e. The monoisotopic (exact) mass is 228 g/mol. The topological polar surface area (TPSA) is 51.2 Å². The summed E-state index contributed by atoms with van der Waals surface area (Å²) < 4.78 is 4.68. The molecule has 0 aromatic carbocycles. The second-order valence-corrected chi connectivity index (χ2v) is 4.53. The molecule has 0 saturated heterocycles. The van der Waals surface area contributed by atoms with E-state index in [-0.39, 0.29) is 12.0 Å². The van der Waals surface area contributed by atoms with Crippen molar-refractivity contribution in [1.82, 2.24) is 10.3 Å². The molecule has 0 spiro atoms. The minimum atomic E-state index is -0.225. The van der Waals surface area contributed by atoms with Gasteiger partial charge in [-0.3, -0.25) is 10.1 Å². The lowest BCUT2D eigenvalue weighted by Gasteiger charge is -2.13. The standard InChI is InChI=1S/C10H16N2O2S/c1-4-9(10(13)14-3)12-6-8-5-11-7(2)15-8/h5,9,12H,4,6H2,1-3H3. The molecular formula is C10H16N2O2S. The summed E-state index contributed by atoms with van der Waals surface area (Å²) in [5.74, 6) is -0.210. The van der Waals surface area contributed by atoms with Gasteiger partial charge in [0.1, 0.15) is 6.04 Å². The minimum absolute atomic E-state index is 0.210. The van der Waals surface area contributed by atoms with Gasteiger partial charge in [0.2, 0.25) is 0 Å². The Bertz CT molecular complexity index is 325. The maximum atomic E-state index is 11.3. The Morgan fingerprint density at radius 3 is 2.93 bits per heavy atom. The van der Waals surface area contributed by atoms with Gasteiger partial charge in [0.05, 0.1) is 12.1 Å². The summed E-state index contributed by atoms with van der Waals surface area (Å²) >= 11 is 1.63.